The highest BCUT2D eigenvalue weighted by Gasteiger charge is 2.21. The first-order chi connectivity index (χ1) is 8.16. The first-order valence-electron chi connectivity index (χ1n) is 5.96. The molecule has 94 valence electrons. The monoisotopic (exact) mass is 273 g/mol. The molecular weight excluding hydrogens is 257 g/mol. The average molecular weight is 274 g/mol. The van der Waals surface area contributed by atoms with E-state index in [1.54, 1.807) is 0 Å². The molecule has 1 saturated heterocycles. The van der Waals surface area contributed by atoms with Crippen LogP contribution in [0.3, 0.4) is 0 Å². The van der Waals surface area contributed by atoms with E-state index in [-0.39, 0.29) is 0 Å². The van der Waals surface area contributed by atoms with Crippen molar-refractivity contribution in [3.63, 3.8) is 0 Å². The van der Waals surface area contributed by atoms with E-state index in [1.165, 1.54) is 6.42 Å². The van der Waals surface area contributed by atoms with Crippen molar-refractivity contribution in [2.24, 2.45) is 0 Å². The molecule has 1 aliphatic heterocycles. The minimum absolute atomic E-state index is 0.345. The van der Waals surface area contributed by atoms with Crippen LogP contribution in [0.1, 0.15) is 25.3 Å². The van der Waals surface area contributed by atoms with Gasteiger partial charge in [0.1, 0.15) is 0 Å². The van der Waals surface area contributed by atoms with E-state index >= 15 is 0 Å². The Morgan fingerprint density at radius 2 is 2.24 bits per heavy atom. The number of hydrogen-bond donors (Lipinski definition) is 1. The molecule has 2 unspecified atom stereocenters. The first kappa shape index (κ1) is 13.2. The van der Waals surface area contributed by atoms with Gasteiger partial charge in [0, 0.05) is 19.2 Å². The van der Waals surface area contributed by atoms with Gasteiger partial charge in [0.15, 0.2) is 0 Å². The maximum Gasteiger partial charge on any atom is 0.0726 e. The van der Waals surface area contributed by atoms with E-state index in [1.807, 2.05) is 18.2 Å². The third-order valence-corrected chi connectivity index (χ3v) is 3.87. The van der Waals surface area contributed by atoms with Gasteiger partial charge >= 0.3 is 0 Å². The largest absolute Gasteiger partial charge is 0.377 e. The van der Waals surface area contributed by atoms with Gasteiger partial charge in [-0.05, 0) is 37.5 Å². The van der Waals surface area contributed by atoms with E-state index in [4.69, 9.17) is 27.9 Å². The molecule has 1 aliphatic rings. The fourth-order valence-corrected chi connectivity index (χ4v) is 2.38. The summed E-state index contributed by atoms with van der Waals surface area (Å²) < 4.78 is 5.64. The van der Waals surface area contributed by atoms with E-state index in [2.05, 4.69) is 12.2 Å². The maximum atomic E-state index is 5.97. The van der Waals surface area contributed by atoms with Gasteiger partial charge in [-0.2, -0.15) is 0 Å². The molecule has 0 saturated carbocycles. The third-order valence-electron chi connectivity index (χ3n) is 3.13. The zero-order chi connectivity index (χ0) is 12.3. The second-order valence-electron chi connectivity index (χ2n) is 4.47. The van der Waals surface area contributed by atoms with Gasteiger partial charge in [-0.25, -0.2) is 0 Å². The lowest BCUT2D eigenvalue weighted by molar-refractivity contribution is 0.0832. The fourth-order valence-electron chi connectivity index (χ4n) is 2.06. The average Bonchev–Trinajstić information content (AvgIpc) is 2.84. The molecule has 0 bridgehead atoms. The molecule has 1 N–H and O–H groups in total. The van der Waals surface area contributed by atoms with Crippen LogP contribution < -0.4 is 5.32 Å². The predicted molar refractivity (Wildman–Crippen MR) is 71.7 cm³/mol. The van der Waals surface area contributed by atoms with Crippen molar-refractivity contribution in [3.8, 4) is 0 Å². The molecule has 2 nitrogen and oxygen atoms in total. The summed E-state index contributed by atoms with van der Waals surface area (Å²) in [6.45, 7) is 3.84. The Kier molecular flexibility index (Phi) is 4.69. The van der Waals surface area contributed by atoms with Crippen LogP contribution in [-0.2, 0) is 11.3 Å². The van der Waals surface area contributed by atoms with Crippen LogP contribution in [0, 0.1) is 0 Å². The van der Waals surface area contributed by atoms with Crippen molar-refractivity contribution in [1.82, 2.24) is 5.32 Å². The molecule has 4 heteroatoms. The minimum atomic E-state index is 0.345. The molecule has 0 radical (unpaired) electrons. The molecule has 1 heterocycles. The Morgan fingerprint density at radius 3 is 2.88 bits per heavy atom. The highest BCUT2D eigenvalue weighted by Crippen LogP contribution is 2.22. The summed E-state index contributed by atoms with van der Waals surface area (Å²) >= 11 is 11.8. The molecule has 0 spiro atoms. The van der Waals surface area contributed by atoms with Crippen molar-refractivity contribution < 1.29 is 4.74 Å². The Morgan fingerprint density at radius 1 is 1.41 bits per heavy atom. The van der Waals surface area contributed by atoms with Gasteiger partial charge in [0.05, 0.1) is 16.1 Å². The van der Waals surface area contributed by atoms with Crippen LogP contribution in [0.2, 0.25) is 10.0 Å². The highest BCUT2D eigenvalue weighted by molar-refractivity contribution is 6.42. The summed E-state index contributed by atoms with van der Waals surface area (Å²) in [4.78, 5) is 0. The van der Waals surface area contributed by atoms with Crippen molar-refractivity contribution in [2.45, 2.75) is 38.5 Å². The molecular formula is C13H17Cl2NO. The second kappa shape index (κ2) is 6.05. The van der Waals surface area contributed by atoms with Crippen LogP contribution in [0.15, 0.2) is 18.2 Å². The maximum absolute atomic E-state index is 5.97. The van der Waals surface area contributed by atoms with Gasteiger partial charge in [-0.1, -0.05) is 29.3 Å². The molecule has 1 aromatic rings. The van der Waals surface area contributed by atoms with Gasteiger partial charge < -0.3 is 10.1 Å². The summed E-state index contributed by atoms with van der Waals surface area (Å²) in [5, 5.41) is 4.67. The summed E-state index contributed by atoms with van der Waals surface area (Å²) in [5.74, 6) is 0. The predicted octanol–water partition coefficient (Wildman–Crippen LogP) is 3.65. The number of halogens is 2. The highest BCUT2D eigenvalue weighted by atomic mass is 35.5. The molecule has 2 rings (SSSR count). The zero-order valence-corrected chi connectivity index (χ0v) is 11.4. The standard InChI is InChI=1S/C13H17Cl2NO/c1-9(13-3-2-6-17-13)16-8-10-4-5-11(14)12(15)7-10/h4-5,7,9,13,16H,2-3,6,8H2,1H3. The summed E-state index contributed by atoms with van der Waals surface area (Å²) in [6.07, 6.45) is 2.66. The fraction of sp³-hybridized carbons (Fsp3) is 0.538. The van der Waals surface area contributed by atoms with Crippen LogP contribution >= 0.6 is 23.2 Å². The molecule has 0 aliphatic carbocycles. The Hall–Kier alpha value is -0.280. The zero-order valence-electron chi connectivity index (χ0n) is 9.88. The first-order valence-corrected chi connectivity index (χ1v) is 6.71. The normalized spacial score (nSPS) is 21.7. The van der Waals surface area contributed by atoms with E-state index < -0.39 is 0 Å². The lowest BCUT2D eigenvalue weighted by Gasteiger charge is -2.20. The van der Waals surface area contributed by atoms with Crippen molar-refractivity contribution >= 4 is 23.2 Å². The van der Waals surface area contributed by atoms with Crippen molar-refractivity contribution in [2.75, 3.05) is 6.61 Å². The molecule has 0 aromatic heterocycles. The third kappa shape index (κ3) is 3.59. The Labute approximate surface area is 112 Å². The summed E-state index contributed by atoms with van der Waals surface area (Å²) in [7, 11) is 0. The molecule has 1 aromatic carbocycles. The summed E-state index contributed by atoms with van der Waals surface area (Å²) in [5.41, 5.74) is 1.14. The molecule has 1 fully saturated rings. The smallest absolute Gasteiger partial charge is 0.0726 e. The molecule has 0 amide bonds. The minimum Gasteiger partial charge on any atom is -0.377 e. The van der Waals surface area contributed by atoms with Gasteiger partial charge in [-0.3, -0.25) is 0 Å². The number of ether oxygens (including phenoxy) is 1. The lowest BCUT2D eigenvalue weighted by atomic mass is 10.1. The number of nitrogens with one attached hydrogen (secondary N) is 1. The number of benzene rings is 1. The van der Waals surface area contributed by atoms with E-state index in [9.17, 15) is 0 Å². The molecule has 17 heavy (non-hydrogen) atoms. The van der Waals surface area contributed by atoms with Gasteiger partial charge in [-0.15, -0.1) is 0 Å². The van der Waals surface area contributed by atoms with Gasteiger partial charge in [0.2, 0.25) is 0 Å². The topological polar surface area (TPSA) is 21.3 Å². The summed E-state index contributed by atoms with van der Waals surface area (Å²) in [6, 6.07) is 6.09. The van der Waals surface area contributed by atoms with Crippen molar-refractivity contribution in [3.05, 3.63) is 33.8 Å². The van der Waals surface area contributed by atoms with Crippen LogP contribution in [0.4, 0.5) is 0 Å². The van der Waals surface area contributed by atoms with Gasteiger partial charge in [0.25, 0.3) is 0 Å². The Balaban J connectivity index is 1.86. The van der Waals surface area contributed by atoms with Crippen LogP contribution in [-0.4, -0.2) is 18.8 Å². The van der Waals surface area contributed by atoms with Crippen LogP contribution in [0.25, 0.3) is 0 Å². The SMILES string of the molecule is CC(NCc1ccc(Cl)c(Cl)c1)C1CCCO1. The number of hydrogen-bond acceptors (Lipinski definition) is 2. The molecule has 2 atom stereocenters. The lowest BCUT2D eigenvalue weighted by Crippen LogP contribution is -2.36. The second-order valence-corrected chi connectivity index (χ2v) is 5.28. The van der Waals surface area contributed by atoms with Crippen molar-refractivity contribution in [1.29, 1.82) is 0 Å². The van der Waals surface area contributed by atoms with E-state index in [0.29, 0.717) is 22.2 Å². The van der Waals surface area contributed by atoms with Crippen LogP contribution in [0.5, 0.6) is 0 Å². The number of rotatable bonds is 4. The Bertz CT molecular complexity index is 378. The van der Waals surface area contributed by atoms with E-state index in [0.717, 1.165) is 25.1 Å². The quantitative estimate of drug-likeness (QED) is 0.904.